The molecule has 13 nitrogen and oxygen atoms in total. The minimum absolute atomic E-state index is 0.0395. The van der Waals surface area contributed by atoms with Crippen molar-refractivity contribution in [2.75, 3.05) is 0 Å². The highest BCUT2D eigenvalue weighted by atomic mass is 16.4. The maximum Gasteiger partial charge on any atom is 0.326 e. The third-order valence-electron chi connectivity index (χ3n) is 4.94. The molecule has 4 unspecified atom stereocenters. The van der Waals surface area contributed by atoms with Crippen LogP contribution in [0.1, 0.15) is 38.2 Å². The van der Waals surface area contributed by atoms with Crippen molar-refractivity contribution in [3.8, 4) is 0 Å². The van der Waals surface area contributed by atoms with Crippen molar-refractivity contribution in [1.29, 1.82) is 0 Å². The van der Waals surface area contributed by atoms with Gasteiger partial charge < -0.3 is 37.0 Å². The Morgan fingerprint density at radius 3 is 1.86 bits per heavy atom. The van der Waals surface area contributed by atoms with E-state index in [1.165, 1.54) is 6.92 Å². The molecule has 13 heteroatoms. The van der Waals surface area contributed by atoms with E-state index in [0.29, 0.717) is 5.56 Å². The van der Waals surface area contributed by atoms with Gasteiger partial charge in [0, 0.05) is 19.3 Å². The molecule has 0 aromatic heterocycles. The van der Waals surface area contributed by atoms with Gasteiger partial charge in [0.2, 0.25) is 17.7 Å². The Hall–Kier alpha value is -4.00. The van der Waals surface area contributed by atoms with Crippen LogP contribution in [0.3, 0.4) is 0 Å². The van der Waals surface area contributed by atoms with Crippen LogP contribution >= 0.6 is 0 Å². The number of carbonyl (C=O) groups excluding carboxylic acids is 3. The summed E-state index contributed by atoms with van der Waals surface area (Å²) in [5.74, 6) is -6.22. The Kier molecular flexibility index (Phi) is 11.9. The zero-order chi connectivity index (χ0) is 26.5. The second-order valence-electron chi connectivity index (χ2n) is 7.85. The topological polar surface area (TPSA) is 225 Å². The van der Waals surface area contributed by atoms with Crippen molar-refractivity contribution < 1.29 is 44.1 Å². The summed E-state index contributed by atoms with van der Waals surface area (Å²) >= 11 is 0. The number of carbonyl (C=O) groups is 6. The van der Waals surface area contributed by atoms with Gasteiger partial charge in [-0.2, -0.15) is 0 Å². The largest absolute Gasteiger partial charge is 0.481 e. The summed E-state index contributed by atoms with van der Waals surface area (Å²) in [7, 11) is 0. The van der Waals surface area contributed by atoms with Gasteiger partial charge in [-0.3, -0.25) is 24.0 Å². The van der Waals surface area contributed by atoms with Crippen LogP contribution in [-0.2, 0) is 35.2 Å². The molecule has 0 aliphatic heterocycles. The fourth-order valence-corrected chi connectivity index (χ4v) is 2.95. The van der Waals surface area contributed by atoms with Crippen LogP contribution in [0.2, 0.25) is 0 Å². The van der Waals surface area contributed by atoms with Crippen molar-refractivity contribution >= 4 is 35.6 Å². The summed E-state index contributed by atoms with van der Waals surface area (Å²) < 4.78 is 0. The monoisotopic (exact) mass is 494 g/mol. The standard InChI is InChI=1S/C22H30N4O9/c1-12(24-20(32)14(23)7-9-17(27)28)19(31)25-15(8-10-18(29)30)21(33)26-16(22(34)35)11-13-5-3-2-4-6-13/h2-6,12,14-16H,7-11,23H2,1H3,(H,24,32)(H,25,31)(H,26,33)(H,27,28)(H,29,30)(H,34,35). The van der Waals surface area contributed by atoms with Crippen LogP contribution in [0.4, 0.5) is 0 Å². The molecule has 0 aliphatic carbocycles. The van der Waals surface area contributed by atoms with E-state index in [1.54, 1.807) is 30.3 Å². The average Bonchev–Trinajstić information content (AvgIpc) is 2.79. The lowest BCUT2D eigenvalue weighted by Crippen LogP contribution is -2.56. The van der Waals surface area contributed by atoms with Crippen molar-refractivity contribution in [3.63, 3.8) is 0 Å². The minimum atomic E-state index is -1.39. The molecule has 0 saturated heterocycles. The van der Waals surface area contributed by atoms with Crippen LogP contribution in [0.5, 0.6) is 0 Å². The van der Waals surface area contributed by atoms with Crippen molar-refractivity contribution in [2.45, 2.75) is 63.2 Å². The predicted molar refractivity (Wildman–Crippen MR) is 121 cm³/mol. The van der Waals surface area contributed by atoms with E-state index in [4.69, 9.17) is 15.9 Å². The average molecular weight is 495 g/mol. The second-order valence-corrected chi connectivity index (χ2v) is 7.85. The van der Waals surface area contributed by atoms with E-state index in [-0.39, 0.29) is 25.7 Å². The van der Waals surface area contributed by atoms with Crippen LogP contribution in [0, 0.1) is 0 Å². The van der Waals surface area contributed by atoms with E-state index < -0.39 is 66.2 Å². The van der Waals surface area contributed by atoms with Crippen LogP contribution < -0.4 is 21.7 Å². The summed E-state index contributed by atoms with van der Waals surface area (Å²) in [6.45, 7) is 1.29. The van der Waals surface area contributed by atoms with Gasteiger partial charge in [0.15, 0.2) is 0 Å². The van der Waals surface area contributed by atoms with Crippen molar-refractivity contribution in [1.82, 2.24) is 16.0 Å². The highest BCUT2D eigenvalue weighted by Gasteiger charge is 2.29. The van der Waals surface area contributed by atoms with Crippen LogP contribution in [-0.4, -0.2) is 75.1 Å². The molecule has 0 fully saturated rings. The second kappa shape index (κ2) is 14.3. The number of nitrogens with two attached hydrogens (primary N) is 1. The molecule has 8 N–H and O–H groups in total. The highest BCUT2D eigenvalue weighted by Crippen LogP contribution is 2.06. The van der Waals surface area contributed by atoms with Crippen LogP contribution in [0.15, 0.2) is 30.3 Å². The third kappa shape index (κ3) is 11.1. The van der Waals surface area contributed by atoms with Gasteiger partial charge in [-0.05, 0) is 25.3 Å². The molecule has 0 aliphatic rings. The fourth-order valence-electron chi connectivity index (χ4n) is 2.95. The first kappa shape index (κ1) is 29.0. The lowest BCUT2D eigenvalue weighted by atomic mass is 10.0. The predicted octanol–water partition coefficient (Wildman–Crippen LogP) is -1.16. The molecule has 192 valence electrons. The fraction of sp³-hybridized carbons (Fsp3) is 0.455. The van der Waals surface area contributed by atoms with Gasteiger partial charge in [-0.1, -0.05) is 30.3 Å². The molecule has 0 spiro atoms. The van der Waals surface area contributed by atoms with E-state index in [1.807, 2.05) is 0 Å². The molecule has 0 bridgehead atoms. The lowest BCUT2D eigenvalue weighted by molar-refractivity contribution is -0.143. The number of hydrogen-bond donors (Lipinski definition) is 7. The molecule has 0 radical (unpaired) electrons. The Bertz CT molecular complexity index is 923. The maximum atomic E-state index is 12.8. The summed E-state index contributed by atoms with van der Waals surface area (Å²) in [4.78, 5) is 70.6. The normalized spacial score (nSPS) is 14.0. The number of aliphatic carboxylic acids is 3. The molecule has 35 heavy (non-hydrogen) atoms. The molecule has 3 amide bonds. The van der Waals surface area contributed by atoms with Gasteiger partial charge in [0.05, 0.1) is 6.04 Å². The number of carboxylic acids is 3. The quantitative estimate of drug-likeness (QED) is 0.155. The Balaban J connectivity index is 2.83. The van der Waals surface area contributed by atoms with Crippen LogP contribution in [0.25, 0.3) is 0 Å². The Morgan fingerprint density at radius 1 is 0.771 bits per heavy atom. The number of benzene rings is 1. The molecule has 0 heterocycles. The van der Waals surface area contributed by atoms with Crippen molar-refractivity contribution in [2.24, 2.45) is 5.73 Å². The van der Waals surface area contributed by atoms with Crippen molar-refractivity contribution in [3.05, 3.63) is 35.9 Å². The first-order valence-corrected chi connectivity index (χ1v) is 10.8. The summed E-state index contributed by atoms with van der Waals surface area (Å²) in [5.41, 5.74) is 6.24. The first-order chi connectivity index (χ1) is 16.4. The first-order valence-electron chi connectivity index (χ1n) is 10.8. The van der Waals surface area contributed by atoms with Gasteiger partial charge in [-0.15, -0.1) is 0 Å². The number of hydrogen-bond acceptors (Lipinski definition) is 7. The molecule has 1 aromatic rings. The van der Waals surface area contributed by atoms with E-state index in [9.17, 15) is 33.9 Å². The van der Waals surface area contributed by atoms with E-state index in [0.717, 1.165) is 0 Å². The smallest absolute Gasteiger partial charge is 0.326 e. The summed E-state index contributed by atoms with van der Waals surface area (Å²) in [6.07, 6.45) is -1.36. The minimum Gasteiger partial charge on any atom is -0.481 e. The van der Waals surface area contributed by atoms with Gasteiger partial charge in [-0.25, -0.2) is 4.79 Å². The van der Waals surface area contributed by atoms with E-state index >= 15 is 0 Å². The number of rotatable bonds is 15. The SMILES string of the molecule is CC(NC(=O)C(N)CCC(=O)O)C(=O)NC(CCC(=O)O)C(=O)NC(Cc1ccccc1)C(=O)O. The van der Waals surface area contributed by atoms with Gasteiger partial charge in [0.1, 0.15) is 18.1 Å². The molecule has 4 atom stereocenters. The molecular formula is C22H30N4O9. The number of carboxylic acid groups (broad SMARTS) is 3. The Morgan fingerprint density at radius 2 is 1.31 bits per heavy atom. The lowest BCUT2D eigenvalue weighted by Gasteiger charge is -2.23. The molecule has 0 saturated carbocycles. The van der Waals surface area contributed by atoms with Gasteiger partial charge in [0.25, 0.3) is 0 Å². The summed E-state index contributed by atoms with van der Waals surface area (Å²) in [6, 6.07) is 3.41. The van der Waals surface area contributed by atoms with Gasteiger partial charge >= 0.3 is 17.9 Å². The molecular weight excluding hydrogens is 464 g/mol. The molecule has 1 aromatic carbocycles. The summed E-state index contributed by atoms with van der Waals surface area (Å²) in [5, 5.41) is 34.0. The highest BCUT2D eigenvalue weighted by molar-refractivity contribution is 5.94. The molecule has 1 rings (SSSR count). The maximum absolute atomic E-state index is 12.8. The third-order valence-corrected chi connectivity index (χ3v) is 4.94. The van der Waals surface area contributed by atoms with E-state index in [2.05, 4.69) is 16.0 Å². The zero-order valence-corrected chi connectivity index (χ0v) is 19.1. The Labute approximate surface area is 201 Å². The number of nitrogens with one attached hydrogen (secondary N) is 3. The zero-order valence-electron chi connectivity index (χ0n) is 19.1. The number of amides is 3.